The Labute approximate surface area is 117 Å². The largest absolute Gasteiger partial charge is 0.368 e. The van der Waals surface area contributed by atoms with E-state index in [1.807, 2.05) is 26.2 Å². The van der Waals surface area contributed by atoms with E-state index in [-0.39, 0.29) is 5.91 Å². The normalized spacial score (nSPS) is 26.5. The van der Waals surface area contributed by atoms with Crippen molar-refractivity contribution in [1.29, 1.82) is 0 Å². The lowest BCUT2D eigenvalue weighted by Crippen LogP contribution is -2.53. The van der Waals surface area contributed by atoms with Gasteiger partial charge in [0, 0.05) is 17.6 Å². The molecule has 3 N–H and O–H groups in total. The van der Waals surface area contributed by atoms with E-state index in [0.29, 0.717) is 5.25 Å². The summed E-state index contributed by atoms with van der Waals surface area (Å²) in [5.74, 6) is -0.248. The van der Waals surface area contributed by atoms with E-state index in [1.165, 1.54) is 0 Å². The molecular weight excluding hydrogens is 260 g/mol. The van der Waals surface area contributed by atoms with Crippen LogP contribution in [0.15, 0.2) is 17.6 Å². The van der Waals surface area contributed by atoms with Gasteiger partial charge in [0.2, 0.25) is 5.91 Å². The summed E-state index contributed by atoms with van der Waals surface area (Å²) in [5, 5.41) is 4.37. The second-order valence-corrected chi connectivity index (χ2v) is 6.27. The van der Waals surface area contributed by atoms with E-state index < -0.39 is 5.54 Å². The molecule has 1 saturated carbocycles. The van der Waals surface area contributed by atoms with Gasteiger partial charge >= 0.3 is 0 Å². The molecule has 1 amide bonds. The van der Waals surface area contributed by atoms with Crippen LogP contribution < -0.4 is 11.1 Å². The van der Waals surface area contributed by atoms with Gasteiger partial charge in [-0.1, -0.05) is 18.7 Å². The Morgan fingerprint density at radius 3 is 2.84 bits per heavy atom. The third kappa shape index (κ3) is 3.25. The molecule has 1 aromatic heterocycles. The molecule has 0 radical (unpaired) electrons. The number of likely N-dealkylation sites (N-methyl/N-ethyl adjacent to an activating group) is 1. The number of carbonyl (C=O) groups is 1. The molecule has 1 heterocycles. The average molecular weight is 280 g/mol. The van der Waals surface area contributed by atoms with E-state index in [9.17, 15) is 4.79 Å². The molecule has 0 saturated heterocycles. The van der Waals surface area contributed by atoms with Crippen molar-refractivity contribution in [3.05, 3.63) is 18.0 Å². The molecule has 5 nitrogen and oxygen atoms in total. The highest BCUT2D eigenvalue weighted by Gasteiger charge is 2.43. The summed E-state index contributed by atoms with van der Waals surface area (Å²) >= 11 is 1.64. The number of hydrogen-bond acceptors (Lipinski definition) is 5. The Morgan fingerprint density at radius 1 is 1.58 bits per heavy atom. The molecule has 6 heteroatoms. The zero-order valence-corrected chi connectivity index (χ0v) is 12.2. The van der Waals surface area contributed by atoms with Gasteiger partial charge in [-0.15, -0.1) is 0 Å². The third-order valence-corrected chi connectivity index (χ3v) is 4.64. The van der Waals surface area contributed by atoms with Gasteiger partial charge < -0.3 is 11.1 Å². The Balaban J connectivity index is 2.01. The maximum absolute atomic E-state index is 11.7. The van der Waals surface area contributed by atoms with E-state index in [2.05, 4.69) is 15.3 Å². The summed E-state index contributed by atoms with van der Waals surface area (Å²) in [5.41, 5.74) is 6.06. The zero-order valence-electron chi connectivity index (χ0n) is 11.3. The number of nitrogens with two attached hydrogens (primary N) is 1. The maximum Gasteiger partial charge on any atom is 0.237 e. The Bertz CT molecular complexity index is 450. The first-order valence-corrected chi connectivity index (χ1v) is 7.44. The van der Waals surface area contributed by atoms with Gasteiger partial charge in [-0.25, -0.2) is 9.97 Å². The van der Waals surface area contributed by atoms with Crippen molar-refractivity contribution in [2.24, 2.45) is 5.73 Å². The van der Waals surface area contributed by atoms with Gasteiger partial charge in [-0.05, 0) is 38.3 Å². The van der Waals surface area contributed by atoms with Crippen LogP contribution in [0.25, 0.3) is 0 Å². The molecule has 1 aromatic rings. The molecule has 0 aromatic carbocycles. The SMILES string of the molecule is CCNC1(C(N)=O)CCC(Sc2ncc(C)cn2)C1. The fourth-order valence-corrected chi connectivity index (χ4v) is 3.63. The summed E-state index contributed by atoms with van der Waals surface area (Å²) in [6, 6.07) is 0. The van der Waals surface area contributed by atoms with E-state index in [4.69, 9.17) is 5.73 Å². The van der Waals surface area contributed by atoms with Crippen LogP contribution in [-0.2, 0) is 4.79 Å². The van der Waals surface area contributed by atoms with Gasteiger partial charge in [0.25, 0.3) is 0 Å². The predicted molar refractivity (Wildman–Crippen MR) is 75.9 cm³/mol. The predicted octanol–water partition coefficient (Wildman–Crippen LogP) is 1.26. The van der Waals surface area contributed by atoms with Crippen LogP contribution in [-0.4, -0.2) is 33.2 Å². The highest BCUT2D eigenvalue weighted by molar-refractivity contribution is 7.99. The Kier molecular flexibility index (Phi) is 4.42. The highest BCUT2D eigenvalue weighted by atomic mass is 32.2. The number of carbonyl (C=O) groups excluding carboxylic acids is 1. The fourth-order valence-electron chi connectivity index (χ4n) is 2.50. The quantitative estimate of drug-likeness (QED) is 0.794. The van der Waals surface area contributed by atoms with E-state index in [1.54, 1.807) is 11.8 Å². The number of aryl methyl sites for hydroxylation is 1. The molecule has 1 aliphatic carbocycles. The van der Waals surface area contributed by atoms with Gasteiger partial charge in [-0.2, -0.15) is 0 Å². The lowest BCUT2D eigenvalue weighted by atomic mass is 9.97. The van der Waals surface area contributed by atoms with Crippen LogP contribution in [0.3, 0.4) is 0 Å². The number of nitrogens with one attached hydrogen (secondary N) is 1. The van der Waals surface area contributed by atoms with E-state index >= 15 is 0 Å². The molecule has 0 spiro atoms. The fraction of sp³-hybridized carbons (Fsp3) is 0.615. The van der Waals surface area contributed by atoms with Crippen molar-refractivity contribution in [2.45, 2.75) is 49.1 Å². The van der Waals surface area contributed by atoms with Crippen LogP contribution in [0.4, 0.5) is 0 Å². The van der Waals surface area contributed by atoms with E-state index in [0.717, 1.165) is 36.5 Å². The first-order chi connectivity index (χ1) is 9.05. The Morgan fingerprint density at radius 2 is 2.26 bits per heavy atom. The van der Waals surface area contributed by atoms with Crippen molar-refractivity contribution in [3.8, 4) is 0 Å². The van der Waals surface area contributed by atoms with Crippen LogP contribution in [0.1, 0.15) is 31.7 Å². The molecule has 0 aliphatic heterocycles. The first-order valence-electron chi connectivity index (χ1n) is 6.56. The Hall–Kier alpha value is -1.14. The molecule has 2 atom stereocenters. The third-order valence-electron chi connectivity index (χ3n) is 3.49. The minimum Gasteiger partial charge on any atom is -0.368 e. The van der Waals surface area contributed by atoms with Crippen molar-refractivity contribution in [3.63, 3.8) is 0 Å². The molecular formula is C13H20N4OS. The summed E-state index contributed by atoms with van der Waals surface area (Å²) in [4.78, 5) is 20.3. The topological polar surface area (TPSA) is 80.9 Å². The number of hydrogen-bond donors (Lipinski definition) is 2. The minimum atomic E-state index is -0.545. The summed E-state index contributed by atoms with van der Waals surface area (Å²) in [6.45, 7) is 4.71. The van der Waals surface area contributed by atoms with Crippen LogP contribution in [0.5, 0.6) is 0 Å². The molecule has 1 fully saturated rings. The lowest BCUT2D eigenvalue weighted by molar-refractivity contribution is -0.124. The molecule has 19 heavy (non-hydrogen) atoms. The van der Waals surface area contributed by atoms with Crippen LogP contribution >= 0.6 is 11.8 Å². The smallest absolute Gasteiger partial charge is 0.237 e. The highest BCUT2D eigenvalue weighted by Crippen LogP contribution is 2.39. The average Bonchev–Trinajstić information content (AvgIpc) is 2.77. The molecule has 2 rings (SSSR count). The number of rotatable bonds is 5. The molecule has 2 unspecified atom stereocenters. The van der Waals surface area contributed by atoms with Crippen molar-refractivity contribution >= 4 is 17.7 Å². The molecule has 1 aliphatic rings. The van der Waals surface area contributed by atoms with Crippen LogP contribution in [0, 0.1) is 6.92 Å². The van der Waals surface area contributed by atoms with Crippen molar-refractivity contribution < 1.29 is 4.79 Å². The van der Waals surface area contributed by atoms with Crippen molar-refractivity contribution in [1.82, 2.24) is 15.3 Å². The summed E-state index contributed by atoms with van der Waals surface area (Å²) < 4.78 is 0. The van der Waals surface area contributed by atoms with Crippen LogP contribution in [0.2, 0.25) is 0 Å². The monoisotopic (exact) mass is 280 g/mol. The number of amides is 1. The first kappa shape index (κ1) is 14.3. The van der Waals surface area contributed by atoms with Crippen molar-refractivity contribution in [2.75, 3.05) is 6.54 Å². The van der Waals surface area contributed by atoms with Gasteiger partial charge in [0.05, 0.1) is 5.54 Å². The van der Waals surface area contributed by atoms with Gasteiger partial charge in [0.1, 0.15) is 0 Å². The number of nitrogens with zero attached hydrogens (tertiary/aromatic N) is 2. The summed E-state index contributed by atoms with van der Waals surface area (Å²) in [6.07, 6.45) is 6.13. The zero-order chi connectivity index (χ0) is 13.9. The lowest BCUT2D eigenvalue weighted by Gasteiger charge is -2.26. The molecule has 104 valence electrons. The molecule has 0 bridgehead atoms. The standard InChI is InChI=1S/C13H20N4OS/c1-3-17-13(11(14)18)5-4-10(6-13)19-12-15-7-9(2)8-16-12/h7-8,10,17H,3-6H2,1-2H3,(H2,14,18). The second kappa shape index (κ2) is 5.88. The maximum atomic E-state index is 11.7. The number of primary amides is 1. The van der Waals surface area contributed by atoms with Gasteiger partial charge in [0.15, 0.2) is 5.16 Å². The number of thioether (sulfide) groups is 1. The minimum absolute atomic E-state index is 0.248. The summed E-state index contributed by atoms with van der Waals surface area (Å²) in [7, 11) is 0. The van der Waals surface area contributed by atoms with Gasteiger partial charge in [-0.3, -0.25) is 4.79 Å². The number of aromatic nitrogens is 2. The second-order valence-electron chi connectivity index (χ2n) is 5.00.